The summed E-state index contributed by atoms with van der Waals surface area (Å²) in [6.45, 7) is 2.79. The number of para-hydroxylation sites is 1. The molecule has 1 aliphatic heterocycles. The van der Waals surface area contributed by atoms with Crippen LogP contribution < -0.4 is 9.64 Å². The number of fused-ring (bicyclic) bond motifs is 1. The summed E-state index contributed by atoms with van der Waals surface area (Å²) in [6.07, 6.45) is 0.932. The third-order valence-electron chi connectivity index (χ3n) is 3.72. The van der Waals surface area contributed by atoms with Crippen LogP contribution in [-0.4, -0.2) is 24.3 Å². The first-order chi connectivity index (χ1) is 11.1. The van der Waals surface area contributed by atoms with E-state index in [4.69, 9.17) is 4.74 Å². The van der Waals surface area contributed by atoms with Crippen molar-refractivity contribution in [2.45, 2.75) is 23.5 Å². The topological polar surface area (TPSA) is 29.5 Å². The summed E-state index contributed by atoms with van der Waals surface area (Å²) < 4.78 is 18.4. The lowest BCUT2D eigenvalue weighted by atomic mass is 10.2. The first-order valence-electron chi connectivity index (χ1n) is 7.58. The number of hydrogen-bond acceptors (Lipinski definition) is 3. The molecule has 0 aliphatic carbocycles. The molecule has 1 aliphatic rings. The van der Waals surface area contributed by atoms with Crippen LogP contribution in [0.3, 0.4) is 0 Å². The van der Waals surface area contributed by atoms with Crippen molar-refractivity contribution in [1.29, 1.82) is 0 Å². The van der Waals surface area contributed by atoms with Crippen molar-refractivity contribution in [2.24, 2.45) is 0 Å². The van der Waals surface area contributed by atoms with Crippen molar-refractivity contribution in [2.75, 3.05) is 18.1 Å². The number of halogens is 1. The highest BCUT2D eigenvalue weighted by Gasteiger charge is 2.24. The van der Waals surface area contributed by atoms with E-state index in [1.807, 2.05) is 24.3 Å². The van der Waals surface area contributed by atoms with Crippen LogP contribution >= 0.6 is 11.8 Å². The molecule has 0 saturated carbocycles. The van der Waals surface area contributed by atoms with Crippen LogP contribution in [0.5, 0.6) is 5.75 Å². The Morgan fingerprint density at radius 3 is 2.78 bits per heavy atom. The molecule has 0 aromatic heterocycles. The molecule has 120 valence electrons. The summed E-state index contributed by atoms with van der Waals surface area (Å²) in [6, 6.07) is 13.6. The first kappa shape index (κ1) is 15.9. The van der Waals surface area contributed by atoms with Crippen LogP contribution in [0, 0.1) is 5.82 Å². The van der Waals surface area contributed by atoms with Gasteiger partial charge in [-0.25, -0.2) is 4.39 Å². The number of ether oxygens (including phenoxy) is 1. The minimum atomic E-state index is -0.323. The monoisotopic (exact) mass is 331 g/mol. The molecular weight excluding hydrogens is 313 g/mol. The number of amides is 1. The summed E-state index contributed by atoms with van der Waals surface area (Å²) in [4.78, 5) is 15.5. The lowest BCUT2D eigenvalue weighted by Crippen LogP contribution is -2.36. The van der Waals surface area contributed by atoms with Gasteiger partial charge in [-0.15, -0.1) is 11.8 Å². The van der Waals surface area contributed by atoms with Crippen LogP contribution in [0.4, 0.5) is 10.1 Å². The molecule has 0 fully saturated rings. The van der Waals surface area contributed by atoms with Crippen LogP contribution in [0.15, 0.2) is 53.4 Å². The standard InChI is InChI=1S/C18H18FNO2S/c1-13-10-11-20(16-4-2-3-5-17(16)23-13)18(21)12-22-15-8-6-14(19)7-9-15/h2-9,13H,10-12H2,1H3. The third-order valence-corrected chi connectivity index (χ3v) is 4.96. The highest BCUT2D eigenvalue weighted by atomic mass is 32.2. The van der Waals surface area contributed by atoms with Gasteiger partial charge in [-0.2, -0.15) is 0 Å². The van der Waals surface area contributed by atoms with E-state index < -0.39 is 0 Å². The Kier molecular flexibility index (Phi) is 4.86. The number of carbonyl (C=O) groups is 1. The Bertz CT molecular complexity index is 690. The van der Waals surface area contributed by atoms with Crippen molar-refractivity contribution >= 4 is 23.4 Å². The molecule has 3 rings (SSSR count). The lowest BCUT2D eigenvalue weighted by molar-refractivity contribution is -0.120. The van der Waals surface area contributed by atoms with Gasteiger partial charge < -0.3 is 9.64 Å². The second kappa shape index (κ2) is 7.04. The van der Waals surface area contributed by atoms with Gasteiger partial charge >= 0.3 is 0 Å². The predicted octanol–water partition coefficient (Wildman–Crippen LogP) is 4.12. The predicted molar refractivity (Wildman–Crippen MR) is 90.6 cm³/mol. The highest BCUT2D eigenvalue weighted by Crippen LogP contribution is 2.37. The fourth-order valence-corrected chi connectivity index (χ4v) is 3.61. The van der Waals surface area contributed by atoms with Gasteiger partial charge in [0.15, 0.2) is 6.61 Å². The number of hydrogen-bond donors (Lipinski definition) is 0. The van der Waals surface area contributed by atoms with Gasteiger partial charge in [0.25, 0.3) is 5.91 Å². The number of thioether (sulfide) groups is 1. The molecule has 1 amide bonds. The molecule has 23 heavy (non-hydrogen) atoms. The summed E-state index contributed by atoms with van der Waals surface area (Å²) in [5.41, 5.74) is 0.939. The highest BCUT2D eigenvalue weighted by molar-refractivity contribution is 8.00. The maximum Gasteiger partial charge on any atom is 0.264 e. The summed E-state index contributed by atoms with van der Waals surface area (Å²) in [5, 5.41) is 0.465. The molecule has 3 nitrogen and oxygen atoms in total. The number of anilines is 1. The molecule has 0 spiro atoms. The minimum absolute atomic E-state index is 0.0565. The zero-order valence-electron chi connectivity index (χ0n) is 12.9. The van der Waals surface area contributed by atoms with Gasteiger partial charge in [-0.3, -0.25) is 4.79 Å². The Morgan fingerprint density at radius 2 is 2.00 bits per heavy atom. The Hall–Kier alpha value is -2.01. The maximum absolute atomic E-state index is 12.9. The molecule has 1 atom stereocenters. The van der Waals surface area contributed by atoms with Crippen molar-refractivity contribution in [3.8, 4) is 5.75 Å². The molecule has 0 N–H and O–H groups in total. The number of nitrogens with zero attached hydrogens (tertiary/aromatic N) is 1. The lowest BCUT2D eigenvalue weighted by Gasteiger charge is -2.22. The van der Waals surface area contributed by atoms with Crippen LogP contribution in [0.1, 0.15) is 13.3 Å². The van der Waals surface area contributed by atoms with Crippen molar-refractivity contribution < 1.29 is 13.9 Å². The fraction of sp³-hybridized carbons (Fsp3) is 0.278. The molecular formula is C18H18FNO2S. The molecule has 5 heteroatoms. The smallest absolute Gasteiger partial charge is 0.264 e. The fourth-order valence-electron chi connectivity index (χ4n) is 2.50. The van der Waals surface area contributed by atoms with E-state index in [-0.39, 0.29) is 18.3 Å². The largest absolute Gasteiger partial charge is 0.484 e. The van der Waals surface area contributed by atoms with Crippen molar-refractivity contribution in [1.82, 2.24) is 0 Å². The normalized spacial score (nSPS) is 17.3. The van der Waals surface area contributed by atoms with E-state index >= 15 is 0 Å². The number of benzene rings is 2. The van der Waals surface area contributed by atoms with Gasteiger partial charge in [-0.1, -0.05) is 19.1 Å². The second-order valence-electron chi connectivity index (χ2n) is 5.47. The Morgan fingerprint density at radius 1 is 1.26 bits per heavy atom. The summed E-state index contributed by atoms with van der Waals surface area (Å²) in [7, 11) is 0. The van der Waals surface area contributed by atoms with E-state index in [0.29, 0.717) is 17.5 Å². The molecule has 0 bridgehead atoms. The SMILES string of the molecule is CC1CCN(C(=O)COc2ccc(F)cc2)c2ccccc2S1. The van der Waals surface area contributed by atoms with E-state index in [0.717, 1.165) is 17.0 Å². The second-order valence-corrected chi connectivity index (χ2v) is 6.95. The van der Waals surface area contributed by atoms with Gasteiger partial charge in [0.05, 0.1) is 5.69 Å². The minimum Gasteiger partial charge on any atom is -0.484 e. The van der Waals surface area contributed by atoms with E-state index in [1.165, 1.54) is 24.3 Å². The van der Waals surface area contributed by atoms with E-state index in [2.05, 4.69) is 6.92 Å². The molecule has 2 aromatic rings. The van der Waals surface area contributed by atoms with Crippen LogP contribution in [-0.2, 0) is 4.79 Å². The van der Waals surface area contributed by atoms with E-state index in [1.54, 1.807) is 16.7 Å². The number of carbonyl (C=O) groups excluding carboxylic acids is 1. The van der Waals surface area contributed by atoms with Crippen LogP contribution in [0.25, 0.3) is 0 Å². The van der Waals surface area contributed by atoms with Crippen molar-refractivity contribution in [3.63, 3.8) is 0 Å². The van der Waals surface area contributed by atoms with Crippen molar-refractivity contribution in [3.05, 3.63) is 54.3 Å². The van der Waals surface area contributed by atoms with Gasteiger partial charge in [-0.05, 0) is 42.8 Å². The number of rotatable bonds is 3. The summed E-state index contributed by atoms with van der Waals surface area (Å²) in [5.74, 6) is 0.0817. The van der Waals surface area contributed by atoms with E-state index in [9.17, 15) is 9.18 Å². The Labute approximate surface area is 139 Å². The maximum atomic E-state index is 12.9. The summed E-state index contributed by atoms with van der Waals surface area (Å²) >= 11 is 1.79. The molecule has 1 heterocycles. The molecule has 0 radical (unpaired) electrons. The molecule has 1 unspecified atom stereocenters. The third kappa shape index (κ3) is 3.85. The average molecular weight is 331 g/mol. The van der Waals surface area contributed by atoms with Gasteiger partial charge in [0, 0.05) is 16.7 Å². The average Bonchev–Trinajstić information content (AvgIpc) is 2.72. The molecule has 0 saturated heterocycles. The Balaban J connectivity index is 1.72. The zero-order valence-corrected chi connectivity index (χ0v) is 13.7. The molecule has 2 aromatic carbocycles. The quantitative estimate of drug-likeness (QED) is 0.847. The van der Waals surface area contributed by atoms with Gasteiger partial charge in [0.2, 0.25) is 0 Å². The zero-order chi connectivity index (χ0) is 16.2. The van der Waals surface area contributed by atoms with Gasteiger partial charge in [0.1, 0.15) is 11.6 Å². The first-order valence-corrected chi connectivity index (χ1v) is 8.46. The van der Waals surface area contributed by atoms with Crippen LogP contribution in [0.2, 0.25) is 0 Å².